The molecule has 1 fully saturated rings. The average molecular weight is 523 g/mol. The van der Waals surface area contributed by atoms with E-state index in [9.17, 15) is 20.1 Å². The van der Waals surface area contributed by atoms with Crippen molar-refractivity contribution < 1.29 is 34.3 Å². The van der Waals surface area contributed by atoms with E-state index in [2.05, 4.69) is 13.8 Å². The van der Waals surface area contributed by atoms with Gasteiger partial charge in [-0.05, 0) is 38.7 Å². The van der Waals surface area contributed by atoms with Gasteiger partial charge in [-0.1, -0.05) is 65.0 Å². The van der Waals surface area contributed by atoms with E-state index in [1.54, 1.807) is 14.0 Å². The van der Waals surface area contributed by atoms with Gasteiger partial charge >= 0.3 is 5.97 Å². The molecule has 3 N–H and O–H groups in total. The van der Waals surface area contributed by atoms with Crippen molar-refractivity contribution in [2.75, 3.05) is 7.11 Å². The molecule has 2 rings (SSSR count). The average Bonchev–Trinajstić information content (AvgIpc) is 3.64. The van der Waals surface area contributed by atoms with Crippen molar-refractivity contribution in [1.29, 1.82) is 0 Å². The SMILES string of the molecule is CC[C@H](OC)[C@@H](C)[C@H]1O[C@@H]1[C@H](O)[C@H](C)/C=C/C=C(\C)[C@@H]1OC(=O)C[C@H](O)CC[C@@](C)(O)[C@@H](C)/C=C/[C@H]1C. The molecule has 0 aromatic heterocycles. The van der Waals surface area contributed by atoms with E-state index < -0.39 is 29.9 Å². The van der Waals surface area contributed by atoms with Gasteiger partial charge in [-0.15, -0.1) is 0 Å². The molecular weight excluding hydrogens is 472 g/mol. The van der Waals surface area contributed by atoms with Gasteiger partial charge in [0.25, 0.3) is 0 Å². The van der Waals surface area contributed by atoms with Crippen LogP contribution < -0.4 is 0 Å². The first-order chi connectivity index (χ1) is 17.3. The van der Waals surface area contributed by atoms with E-state index in [0.29, 0.717) is 12.8 Å². The molecule has 2 aliphatic rings. The molecule has 0 spiro atoms. The number of rotatable bonds is 9. The number of carbonyl (C=O) groups excluding carboxylic acids is 1. The highest BCUT2D eigenvalue weighted by atomic mass is 16.6. The van der Waals surface area contributed by atoms with E-state index in [0.717, 1.165) is 12.0 Å². The molecular formula is C30H50O7. The number of hydrogen-bond donors (Lipinski definition) is 3. The van der Waals surface area contributed by atoms with Crippen LogP contribution in [0.25, 0.3) is 0 Å². The second-order valence-corrected chi connectivity index (χ2v) is 11.4. The van der Waals surface area contributed by atoms with Crippen LogP contribution in [0.5, 0.6) is 0 Å². The molecule has 0 aliphatic carbocycles. The summed E-state index contributed by atoms with van der Waals surface area (Å²) in [6.07, 6.45) is 9.11. The zero-order chi connectivity index (χ0) is 27.9. The number of aliphatic hydroxyl groups excluding tert-OH is 2. The minimum Gasteiger partial charge on any atom is -0.457 e. The van der Waals surface area contributed by atoms with Gasteiger partial charge in [0, 0.05) is 30.8 Å². The van der Waals surface area contributed by atoms with Crippen LogP contribution in [-0.2, 0) is 19.0 Å². The third-order valence-electron chi connectivity index (χ3n) is 8.28. The summed E-state index contributed by atoms with van der Waals surface area (Å²) in [5.41, 5.74) is -0.113. The van der Waals surface area contributed by atoms with E-state index in [1.165, 1.54) is 0 Å². The van der Waals surface area contributed by atoms with Crippen molar-refractivity contribution in [3.05, 3.63) is 36.0 Å². The number of allylic oxidation sites excluding steroid dienone is 2. The van der Waals surface area contributed by atoms with Gasteiger partial charge < -0.3 is 29.5 Å². The molecule has 0 amide bonds. The molecule has 11 atom stereocenters. The van der Waals surface area contributed by atoms with Crippen LogP contribution in [0.15, 0.2) is 36.0 Å². The lowest BCUT2D eigenvalue weighted by Gasteiger charge is -2.31. The summed E-state index contributed by atoms with van der Waals surface area (Å²) in [4.78, 5) is 12.6. The number of epoxide rings is 1. The fraction of sp³-hybridized carbons (Fsp3) is 0.767. The molecule has 0 radical (unpaired) electrons. The molecule has 2 heterocycles. The summed E-state index contributed by atoms with van der Waals surface area (Å²) in [6, 6.07) is 0. The van der Waals surface area contributed by atoms with Crippen LogP contribution in [0, 0.1) is 23.7 Å². The quantitative estimate of drug-likeness (QED) is 0.179. The van der Waals surface area contributed by atoms with Gasteiger partial charge in [-0.3, -0.25) is 4.79 Å². The number of carbonyl (C=O) groups is 1. The first-order valence-corrected chi connectivity index (χ1v) is 13.8. The molecule has 1 saturated heterocycles. The third-order valence-corrected chi connectivity index (χ3v) is 8.28. The molecule has 0 aromatic carbocycles. The fourth-order valence-electron chi connectivity index (χ4n) is 5.12. The largest absolute Gasteiger partial charge is 0.457 e. The zero-order valence-electron chi connectivity index (χ0n) is 24.0. The smallest absolute Gasteiger partial charge is 0.309 e. The highest BCUT2D eigenvalue weighted by Crippen LogP contribution is 2.37. The van der Waals surface area contributed by atoms with Gasteiger partial charge in [0.1, 0.15) is 12.2 Å². The zero-order valence-corrected chi connectivity index (χ0v) is 24.0. The monoisotopic (exact) mass is 522 g/mol. The Kier molecular flexibility index (Phi) is 12.0. The predicted octanol–water partition coefficient (Wildman–Crippen LogP) is 4.35. The normalized spacial score (nSPS) is 38.1. The Morgan fingerprint density at radius 2 is 1.95 bits per heavy atom. The Morgan fingerprint density at radius 1 is 1.27 bits per heavy atom. The summed E-state index contributed by atoms with van der Waals surface area (Å²) in [5.74, 6) is -0.608. The summed E-state index contributed by atoms with van der Waals surface area (Å²) in [5, 5.41) is 31.9. The Morgan fingerprint density at radius 3 is 2.57 bits per heavy atom. The molecule has 37 heavy (non-hydrogen) atoms. The molecule has 0 aromatic rings. The molecule has 0 saturated carbocycles. The van der Waals surface area contributed by atoms with E-state index in [4.69, 9.17) is 14.2 Å². The summed E-state index contributed by atoms with van der Waals surface area (Å²) >= 11 is 0. The summed E-state index contributed by atoms with van der Waals surface area (Å²) in [7, 11) is 1.71. The van der Waals surface area contributed by atoms with Crippen LogP contribution in [-0.4, -0.2) is 70.6 Å². The fourth-order valence-corrected chi connectivity index (χ4v) is 5.12. The first kappa shape index (κ1) is 31.7. The lowest BCUT2D eigenvalue weighted by Crippen LogP contribution is -2.34. The van der Waals surface area contributed by atoms with Crippen LogP contribution in [0.4, 0.5) is 0 Å². The maximum atomic E-state index is 12.6. The van der Waals surface area contributed by atoms with Gasteiger partial charge in [-0.25, -0.2) is 0 Å². The van der Waals surface area contributed by atoms with Gasteiger partial charge in [0.15, 0.2) is 0 Å². The summed E-state index contributed by atoms with van der Waals surface area (Å²) in [6.45, 7) is 13.7. The van der Waals surface area contributed by atoms with Crippen molar-refractivity contribution in [3.8, 4) is 0 Å². The summed E-state index contributed by atoms with van der Waals surface area (Å²) < 4.78 is 17.1. The Labute approximate surface area is 223 Å². The maximum absolute atomic E-state index is 12.6. The number of cyclic esters (lactones) is 1. The van der Waals surface area contributed by atoms with E-state index in [1.807, 2.05) is 58.1 Å². The Bertz CT molecular complexity index is 813. The van der Waals surface area contributed by atoms with Crippen molar-refractivity contribution in [2.24, 2.45) is 23.7 Å². The topological polar surface area (TPSA) is 109 Å². The molecule has 0 unspecified atom stereocenters. The number of ether oxygens (including phenoxy) is 3. The Balaban J connectivity index is 2.09. The second-order valence-electron chi connectivity index (χ2n) is 11.4. The Hall–Kier alpha value is -1.51. The van der Waals surface area contributed by atoms with Crippen molar-refractivity contribution in [3.63, 3.8) is 0 Å². The third kappa shape index (κ3) is 9.03. The minimum atomic E-state index is -0.969. The van der Waals surface area contributed by atoms with Gasteiger partial charge in [-0.2, -0.15) is 0 Å². The minimum absolute atomic E-state index is 0.00480. The lowest BCUT2D eigenvalue weighted by molar-refractivity contribution is -0.151. The van der Waals surface area contributed by atoms with Crippen LogP contribution in [0.2, 0.25) is 0 Å². The number of esters is 1. The van der Waals surface area contributed by atoms with E-state index in [-0.39, 0.29) is 48.4 Å². The molecule has 7 nitrogen and oxygen atoms in total. The first-order valence-electron chi connectivity index (χ1n) is 13.8. The number of aliphatic hydroxyl groups is 3. The highest BCUT2D eigenvalue weighted by Gasteiger charge is 2.50. The van der Waals surface area contributed by atoms with Crippen molar-refractivity contribution in [1.82, 2.24) is 0 Å². The number of methoxy groups -OCH3 is 1. The molecule has 7 heteroatoms. The number of hydrogen-bond acceptors (Lipinski definition) is 7. The highest BCUT2D eigenvalue weighted by molar-refractivity contribution is 5.70. The van der Waals surface area contributed by atoms with Crippen molar-refractivity contribution >= 4 is 5.97 Å². The van der Waals surface area contributed by atoms with Crippen LogP contribution in [0.3, 0.4) is 0 Å². The molecule has 0 bridgehead atoms. The molecule has 212 valence electrons. The van der Waals surface area contributed by atoms with Crippen molar-refractivity contribution in [2.45, 2.75) is 116 Å². The molecule has 2 aliphatic heterocycles. The maximum Gasteiger partial charge on any atom is 0.309 e. The van der Waals surface area contributed by atoms with Crippen LogP contribution in [0.1, 0.15) is 74.1 Å². The standard InChI is InChI=1S/C30H50O7/c1-9-24(35-8)22(6)28-29(37-28)26(33)18(2)11-10-12-19(3)27-20(4)13-14-21(5)30(7,34)16-15-23(31)17-25(32)36-27/h10-14,18,20-24,26-29,31,33-34H,9,15-17H2,1-8H3/b11-10+,14-13+,19-12+/t18-,20-,21+,22-,23-,24+,26-,27+,28-,29-,30-/m1/s1. The predicted molar refractivity (Wildman–Crippen MR) is 145 cm³/mol. The van der Waals surface area contributed by atoms with Gasteiger partial charge in [0.2, 0.25) is 0 Å². The van der Waals surface area contributed by atoms with Crippen LogP contribution >= 0.6 is 0 Å². The van der Waals surface area contributed by atoms with Gasteiger partial charge in [0.05, 0.1) is 36.4 Å². The van der Waals surface area contributed by atoms with E-state index >= 15 is 0 Å². The second kappa shape index (κ2) is 14.0. The lowest BCUT2D eigenvalue weighted by atomic mass is 9.84.